The number of hydrogen-bond donors (Lipinski definition) is 0. The van der Waals surface area contributed by atoms with Crippen LogP contribution >= 0.6 is 0 Å². The van der Waals surface area contributed by atoms with Crippen molar-refractivity contribution < 1.29 is 9.59 Å². The monoisotopic (exact) mass is 328 g/mol. The fraction of sp³-hybridized carbons (Fsp3) is 0.412. The SMILES string of the molecule is CC(=O)N1CCN(C(=O)CCn2cnc3ccccc3c2=O)CC1. The zero-order valence-corrected chi connectivity index (χ0v) is 13.6. The number of rotatable bonds is 3. The average molecular weight is 328 g/mol. The molecule has 1 aromatic carbocycles. The fourth-order valence-electron chi connectivity index (χ4n) is 2.91. The molecule has 0 aliphatic carbocycles. The van der Waals surface area contributed by atoms with E-state index in [1.54, 1.807) is 28.0 Å². The van der Waals surface area contributed by atoms with Crippen molar-refractivity contribution in [2.24, 2.45) is 0 Å². The number of carbonyl (C=O) groups excluding carboxylic acids is 2. The summed E-state index contributed by atoms with van der Waals surface area (Å²) in [5, 5.41) is 0.558. The molecule has 0 saturated carbocycles. The highest BCUT2D eigenvalue weighted by Crippen LogP contribution is 2.07. The van der Waals surface area contributed by atoms with Crippen LogP contribution in [0.15, 0.2) is 35.4 Å². The topological polar surface area (TPSA) is 75.5 Å². The molecule has 0 bridgehead atoms. The second-order valence-corrected chi connectivity index (χ2v) is 5.90. The number of para-hydroxylation sites is 1. The highest BCUT2D eigenvalue weighted by molar-refractivity contribution is 5.78. The van der Waals surface area contributed by atoms with E-state index in [4.69, 9.17) is 0 Å². The van der Waals surface area contributed by atoms with Gasteiger partial charge in [-0.3, -0.25) is 19.0 Å². The van der Waals surface area contributed by atoms with Crippen molar-refractivity contribution in [3.05, 3.63) is 40.9 Å². The molecule has 0 N–H and O–H groups in total. The van der Waals surface area contributed by atoms with Crippen LogP contribution in [0.5, 0.6) is 0 Å². The molecule has 1 aliphatic heterocycles. The molecule has 2 amide bonds. The molecule has 1 aliphatic rings. The van der Waals surface area contributed by atoms with Gasteiger partial charge in [0.1, 0.15) is 0 Å². The number of hydrogen-bond acceptors (Lipinski definition) is 4. The van der Waals surface area contributed by atoms with Crippen LogP contribution in [0.2, 0.25) is 0 Å². The summed E-state index contributed by atoms with van der Waals surface area (Å²) < 4.78 is 1.48. The quantitative estimate of drug-likeness (QED) is 0.821. The Morgan fingerprint density at radius 1 is 1.08 bits per heavy atom. The molecule has 1 fully saturated rings. The standard InChI is InChI=1S/C17H20N4O3/c1-13(22)19-8-10-20(11-9-19)16(23)6-7-21-12-18-15-5-3-2-4-14(15)17(21)24/h2-5,12H,6-11H2,1H3. The minimum atomic E-state index is -0.130. The third-order valence-electron chi connectivity index (χ3n) is 4.38. The molecular weight excluding hydrogens is 308 g/mol. The maximum atomic E-state index is 12.4. The third kappa shape index (κ3) is 3.29. The molecule has 2 heterocycles. The van der Waals surface area contributed by atoms with Crippen LogP contribution < -0.4 is 5.56 Å². The second-order valence-electron chi connectivity index (χ2n) is 5.90. The Labute approximate surface area is 139 Å². The van der Waals surface area contributed by atoms with Crippen LogP contribution in [0, 0.1) is 0 Å². The molecule has 1 aromatic heterocycles. The van der Waals surface area contributed by atoms with Gasteiger partial charge >= 0.3 is 0 Å². The van der Waals surface area contributed by atoms with Gasteiger partial charge in [-0.1, -0.05) is 12.1 Å². The Balaban J connectivity index is 1.62. The van der Waals surface area contributed by atoms with E-state index < -0.39 is 0 Å². The number of benzene rings is 1. The van der Waals surface area contributed by atoms with Crippen molar-refractivity contribution in [3.8, 4) is 0 Å². The van der Waals surface area contributed by atoms with Gasteiger partial charge in [0, 0.05) is 46.1 Å². The van der Waals surface area contributed by atoms with Crippen molar-refractivity contribution in [2.75, 3.05) is 26.2 Å². The maximum absolute atomic E-state index is 12.4. The van der Waals surface area contributed by atoms with Gasteiger partial charge in [0.15, 0.2) is 0 Å². The minimum Gasteiger partial charge on any atom is -0.339 e. The fourth-order valence-corrected chi connectivity index (χ4v) is 2.91. The Hall–Kier alpha value is -2.70. The molecule has 126 valence electrons. The Kier molecular flexibility index (Phi) is 4.59. The molecule has 0 atom stereocenters. The molecule has 7 nitrogen and oxygen atoms in total. The number of fused-ring (bicyclic) bond motifs is 1. The van der Waals surface area contributed by atoms with Crippen molar-refractivity contribution in [3.63, 3.8) is 0 Å². The van der Waals surface area contributed by atoms with Crippen LogP contribution in [0.3, 0.4) is 0 Å². The molecule has 3 rings (SSSR count). The third-order valence-corrected chi connectivity index (χ3v) is 4.38. The van der Waals surface area contributed by atoms with E-state index in [0.29, 0.717) is 43.6 Å². The van der Waals surface area contributed by atoms with E-state index in [0.717, 1.165) is 0 Å². The summed E-state index contributed by atoms with van der Waals surface area (Å²) in [7, 11) is 0. The number of piperazine rings is 1. The summed E-state index contributed by atoms with van der Waals surface area (Å²) in [6.07, 6.45) is 1.74. The number of carbonyl (C=O) groups is 2. The summed E-state index contributed by atoms with van der Waals surface area (Å²) in [5.74, 6) is 0.0362. The van der Waals surface area contributed by atoms with E-state index >= 15 is 0 Å². The first-order valence-corrected chi connectivity index (χ1v) is 8.04. The van der Waals surface area contributed by atoms with Crippen LogP contribution in [0.25, 0.3) is 10.9 Å². The zero-order chi connectivity index (χ0) is 17.1. The Morgan fingerprint density at radius 3 is 2.46 bits per heavy atom. The first kappa shape index (κ1) is 16.2. The van der Waals surface area contributed by atoms with E-state index in [2.05, 4.69) is 4.98 Å². The van der Waals surface area contributed by atoms with Crippen molar-refractivity contribution in [1.29, 1.82) is 0 Å². The molecule has 2 aromatic rings. The van der Waals surface area contributed by atoms with Gasteiger partial charge in [0.05, 0.1) is 17.2 Å². The maximum Gasteiger partial charge on any atom is 0.261 e. The smallest absolute Gasteiger partial charge is 0.261 e. The van der Waals surface area contributed by atoms with Gasteiger partial charge in [-0.2, -0.15) is 0 Å². The van der Waals surface area contributed by atoms with Gasteiger partial charge in [-0.05, 0) is 12.1 Å². The Bertz CT molecular complexity index is 822. The lowest BCUT2D eigenvalue weighted by molar-refractivity contribution is -0.138. The molecule has 0 radical (unpaired) electrons. The van der Waals surface area contributed by atoms with Crippen LogP contribution in [-0.2, 0) is 16.1 Å². The highest BCUT2D eigenvalue weighted by atomic mass is 16.2. The summed E-state index contributed by atoms with van der Waals surface area (Å²) >= 11 is 0. The summed E-state index contributed by atoms with van der Waals surface area (Å²) in [6.45, 7) is 4.07. The summed E-state index contributed by atoms with van der Waals surface area (Å²) in [4.78, 5) is 43.7. The van der Waals surface area contributed by atoms with Gasteiger partial charge in [-0.15, -0.1) is 0 Å². The van der Waals surface area contributed by atoms with Gasteiger partial charge < -0.3 is 9.80 Å². The molecule has 1 saturated heterocycles. The lowest BCUT2D eigenvalue weighted by Gasteiger charge is -2.34. The number of aryl methyl sites for hydroxylation is 1. The van der Waals surface area contributed by atoms with Crippen molar-refractivity contribution in [2.45, 2.75) is 19.9 Å². The van der Waals surface area contributed by atoms with Crippen molar-refractivity contribution in [1.82, 2.24) is 19.4 Å². The van der Waals surface area contributed by atoms with E-state index in [9.17, 15) is 14.4 Å². The minimum absolute atomic E-state index is 0.00161. The lowest BCUT2D eigenvalue weighted by Crippen LogP contribution is -2.50. The molecule has 24 heavy (non-hydrogen) atoms. The number of aromatic nitrogens is 2. The van der Waals surface area contributed by atoms with Crippen LogP contribution in [0.1, 0.15) is 13.3 Å². The molecule has 0 unspecified atom stereocenters. The first-order valence-electron chi connectivity index (χ1n) is 8.04. The van der Waals surface area contributed by atoms with E-state index in [-0.39, 0.29) is 23.8 Å². The van der Waals surface area contributed by atoms with Crippen LogP contribution in [0.4, 0.5) is 0 Å². The summed E-state index contributed by atoms with van der Waals surface area (Å²) in [6, 6.07) is 7.17. The second kappa shape index (κ2) is 6.82. The number of nitrogens with zero attached hydrogens (tertiary/aromatic N) is 4. The predicted octanol–water partition coefficient (Wildman–Crippen LogP) is 0.477. The Morgan fingerprint density at radius 2 is 1.75 bits per heavy atom. The van der Waals surface area contributed by atoms with Gasteiger partial charge in [0.25, 0.3) is 5.56 Å². The average Bonchev–Trinajstić information content (AvgIpc) is 2.61. The molecule has 7 heteroatoms. The zero-order valence-electron chi connectivity index (χ0n) is 13.6. The molecular formula is C17H20N4O3. The van der Waals surface area contributed by atoms with E-state index in [1.807, 2.05) is 6.07 Å². The number of amides is 2. The van der Waals surface area contributed by atoms with Gasteiger partial charge in [0.2, 0.25) is 11.8 Å². The van der Waals surface area contributed by atoms with Crippen molar-refractivity contribution >= 4 is 22.7 Å². The normalized spacial score (nSPS) is 14.9. The highest BCUT2D eigenvalue weighted by Gasteiger charge is 2.22. The van der Waals surface area contributed by atoms with Gasteiger partial charge in [-0.25, -0.2) is 4.98 Å². The summed E-state index contributed by atoms with van der Waals surface area (Å²) in [5.41, 5.74) is 0.528. The first-order chi connectivity index (χ1) is 11.6. The largest absolute Gasteiger partial charge is 0.339 e. The lowest BCUT2D eigenvalue weighted by atomic mass is 10.2. The van der Waals surface area contributed by atoms with E-state index in [1.165, 1.54) is 17.8 Å². The predicted molar refractivity (Wildman–Crippen MR) is 89.5 cm³/mol. The molecule has 0 spiro atoms. The van der Waals surface area contributed by atoms with Crippen LogP contribution in [-0.4, -0.2) is 57.3 Å².